The van der Waals surface area contributed by atoms with Crippen LogP contribution in [0, 0.1) is 11.3 Å². The van der Waals surface area contributed by atoms with Crippen molar-refractivity contribution in [3.63, 3.8) is 0 Å². The number of nitrogens with one attached hydrogen (secondary N) is 6. The third-order valence-corrected chi connectivity index (χ3v) is 4.83. The largest absolute Gasteiger partial charge is 0.359 e. The van der Waals surface area contributed by atoms with Crippen molar-refractivity contribution >= 4 is 11.8 Å². The van der Waals surface area contributed by atoms with Gasteiger partial charge in [0.2, 0.25) is 11.8 Å². The van der Waals surface area contributed by atoms with Crippen molar-refractivity contribution in [2.45, 2.75) is 33.6 Å². The summed E-state index contributed by atoms with van der Waals surface area (Å²) < 4.78 is 0. The maximum absolute atomic E-state index is 12.4. The molecule has 0 aromatic heterocycles. The summed E-state index contributed by atoms with van der Waals surface area (Å²) in [5, 5.41) is 18.9. The molecule has 0 aliphatic carbocycles. The average molecular weight is 416 g/mol. The number of carbonyl (C=O) groups excluding carboxylic acids is 2. The molecule has 9 nitrogen and oxygen atoms in total. The zero-order valence-electron chi connectivity index (χ0n) is 19.0. The Morgan fingerprint density at radius 2 is 1.28 bits per heavy atom. The monoisotopic (exact) mass is 415 g/mol. The van der Waals surface area contributed by atoms with Crippen LogP contribution in [0.1, 0.15) is 33.6 Å². The van der Waals surface area contributed by atoms with Crippen LogP contribution in [0.4, 0.5) is 0 Å². The van der Waals surface area contributed by atoms with Crippen molar-refractivity contribution in [1.29, 1.82) is 0 Å². The average Bonchev–Trinajstić information content (AvgIpc) is 2.71. The van der Waals surface area contributed by atoms with Crippen LogP contribution in [0.3, 0.4) is 0 Å². The van der Waals surface area contributed by atoms with Gasteiger partial charge >= 0.3 is 0 Å². The quantitative estimate of drug-likeness (QED) is 0.129. The molecule has 0 aromatic carbocycles. The van der Waals surface area contributed by atoms with E-state index in [0.717, 1.165) is 58.8 Å². The lowest BCUT2D eigenvalue weighted by molar-refractivity contribution is -0.132. The molecular formula is C20H45N7O2. The predicted octanol–water partition coefficient (Wildman–Crippen LogP) is -1.39. The summed E-state index contributed by atoms with van der Waals surface area (Å²) in [5.41, 5.74) is 4.84. The van der Waals surface area contributed by atoms with E-state index in [2.05, 4.69) is 31.9 Å². The molecule has 172 valence electrons. The first-order valence-corrected chi connectivity index (χ1v) is 10.9. The molecule has 2 amide bonds. The number of hydrogen-bond acceptors (Lipinski definition) is 7. The van der Waals surface area contributed by atoms with Crippen molar-refractivity contribution in [1.82, 2.24) is 31.9 Å². The van der Waals surface area contributed by atoms with Gasteiger partial charge in [-0.3, -0.25) is 9.59 Å². The summed E-state index contributed by atoms with van der Waals surface area (Å²) in [4.78, 5) is 24.3. The first-order chi connectivity index (χ1) is 13.9. The van der Waals surface area contributed by atoms with Crippen molar-refractivity contribution in [2.24, 2.45) is 17.1 Å². The summed E-state index contributed by atoms with van der Waals surface area (Å²) >= 11 is 0. The van der Waals surface area contributed by atoms with Crippen molar-refractivity contribution < 1.29 is 9.59 Å². The van der Waals surface area contributed by atoms with E-state index in [4.69, 9.17) is 5.73 Å². The summed E-state index contributed by atoms with van der Waals surface area (Å²) in [5.74, 6) is -0.144. The standard InChI is InChI=1S/C20H45N7O2/c1-5-17(18(28)22-4)16-20(2,3)19(29)27-15-14-26-13-12-25-11-10-24-9-8-23-7-6-21/h17,23-26H,5-16,21H2,1-4H3,(H,22,28)(H,27,29). The van der Waals surface area contributed by atoms with E-state index < -0.39 is 5.41 Å². The second kappa shape index (κ2) is 17.6. The molecule has 0 saturated heterocycles. The maximum Gasteiger partial charge on any atom is 0.225 e. The van der Waals surface area contributed by atoms with Crippen LogP contribution >= 0.6 is 0 Å². The van der Waals surface area contributed by atoms with E-state index in [1.54, 1.807) is 7.05 Å². The molecule has 0 rings (SSSR count). The summed E-state index contributed by atoms with van der Waals surface area (Å²) in [6.07, 6.45) is 1.27. The molecule has 0 bridgehead atoms. The van der Waals surface area contributed by atoms with E-state index in [9.17, 15) is 9.59 Å². The Balaban J connectivity index is 3.67. The fraction of sp³-hybridized carbons (Fsp3) is 0.900. The zero-order chi connectivity index (χ0) is 22.0. The highest BCUT2D eigenvalue weighted by Gasteiger charge is 2.32. The number of carbonyl (C=O) groups is 2. The molecule has 0 aliphatic heterocycles. The molecule has 0 aliphatic rings. The van der Waals surface area contributed by atoms with E-state index in [1.165, 1.54) is 0 Å². The van der Waals surface area contributed by atoms with E-state index in [0.29, 0.717) is 19.5 Å². The lowest BCUT2D eigenvalue weighted by Crippen LogP contribution is -2.43. The van der Waals surface area contributed by atoms with Gasteiger partial charge in [0.1, 0.15) is 0 Å². The number of rotatable bonds is 19. The molecule has 1 unspecified atom stereocenters. The van der Waals surface area contributed by atoms with E-state index >= 15 is 0 Å². The molecule has 0 aromatic rings. The van der Waals surface area contributed by atoms with Gasteiger partial charge in [-0.1, -0.05) is 20.8 Å². The molecule has 1 atom stereocenters. The number of hydrogen-bond donors (Lipinski definition) is 7. The molecule has 0 spiro atoms. The Hall–Kier alpha value is -1.26. The normalized spacial score (nSPS) is 12.6. The first kappa shape index (κ1) is 27.7. The highest BCUT2D eigenvalue weighted by atomic mass is 16.2. The Kier molecular flexibility index (Phi) is 16.8. The van der Waals surface area contributed by atoms with E-state index in [-0.39, 0.29) is 17.7 Å². The van der Waals surface area contributed by atoms with Crippen LogP contribution in [0.5, 0.6) is 0 Å². The second-order valence-corrected chi connectivity index (χ2v) is 7.85. The third-order valence-electron chi connectivity index (χ3n) is 4.83. The Morgan fingerprint density at radius 1 is 0.828 bits per heavy atom. The Morgan fingerprint density at radius 3 is 1.69 bits per heavy atom. The van der Waals surface area contributed by atoms with Gasteiger partial charge in [-0.2, -0.15) is 0 Å². The minimum Gasteiger partial charge on any atom is -0.359 e. The summed E-state index contributed by atoms with van der Waals surface area (Å²) in [6.45, 7) is 14.1. The van der Waals surface area contributed by atoms with Crippen molar-refractivity contribution in [3.05, 3.63) is 0 Å². The maximum atomic E-state index is 12.4. The van der Waals surface area contributed by atoms with Gasteiger partial charge in [-0.25, -0.2) is 0 Å². The third kappa shape index (κ3) is 14.4. The lowest BCUT2D eigenvalue weighted by atomic mass is 9.80. The molecule has 8 N–H and O–H groups in total. The SMILES string of the molecule is CCC(CC(C)(C)C(=O)NCCNCCNCCNCCNCCN)C(=O)NC. The molecule has 0 saturated carbocycles. The predicted molar refractivity (Wildman–Crippen MR) is 120 cm³/mol. The van der Waals surface area contributed by atoms with Crippen molar-refractivity contribution in [2.75, 3.05) is 72.5 Å². The smallest absolute Gasteiger partial charge is 0.225 e. The van der Waals surface area contributed by atoms with Gasteiger partial charge in [0.15, 0.2) is 0 Å². The van der Waals surface area contributed by atoms with Crippen LogP contribution < -0.4 is 37.6 Å². The van der Waals surface area contributed by atoms with Gasteiger partial charge in [0.05, 0.1) is 0 Å². The molecular weight excluding hydrogens is 370 g/mol. The van der Waals surface area contributed by atoms with Crippen LogP contribution in [0.2, 0.25) is 0 Å². The number of amides is 2. The fourth-order valence-electron chi connectivity index (χ4n) is 2.97. The minimum absolute atomic E-state index is 0.000929. The molecule has 29 heavy (non-hydrogen) atoms. The van der Waals surface area contributed by atoms with Gasteiger partial charge in [0.25, 0.3) is 0 Å². The minimum atomic E-state index is -0.568. The highest BCUT2D eigenvalue weighted by molar-refractivity contribution is 5.84. The molecule has 0 heterocycles. The van der Waals surface area contributed by atoms with Crippen LogP contribution in [-0.4, -0.2) is 84.3 Å². The molecule has 9 heteroatoms. The fourth-order valence-corrected chi connectivity index (χ4v) is 2.97. The van der Waals surface area contributed by atoms with Gasteiger partial charge in [0, 0.05) is 83.8 Å². The van der Waals surface area contributed by atoms with Crippen LogP contribution in [-0.2, 0) is 9.59 Å². The van der Waals surface area contributed by atoms with E-state index in [1.807, 2.05) is 20.8 Å². The Bertz CT molecular complexity index is 433. The number of nitrogens with two attached hydrogens (primary N) is 1. The second-order valence-electron chi connectivity index (χ2n) is 7.85. The van der Waals surface area contributed by atoms with Gasteiger partial charge < -0.3 is 37.6 Å². The van der Waals surface area contributed by atoms with Crippen LogP contribution in [0.15, 0.2) is 0 Å². The summed E-state index contributed by atoms with van der Waals surface area (Å²) in [7, 11) is 1.64. The Labute approximate surface area is 177 Å². The van der Waals surface area contributed by atoms with Gasteiger partial charge in [-0.05, 0) is 12.8 Å². The first-order valence-electron chi connectivity index (χ1n) is 10.9. The lowest BCUT2D eigenvalue weighted by Gasteiger charge is -2.27. The van der Waals surface area contributed by atoms with Crippen LogP contribution in [0.25, 0.3) is 0 Å². The highest BCUT2D eigenvalue weighted by Crippen LogP contribution is 2.27. The topological polar surface area (TPSA) is 132 Å². The molecule has 0 fully saturated rings. The van der Waals surface area contributed by atoms with Gasteiger partial charge in [-0.15, -0.1) is 0 Å². The summed E-state index contributed by atoms with van der Waals surface area (Å²) in [6, 6.07) is 0. The zero-order valence-corrected chi connectivity index (χ0v) is 19.0. The molecule has 0 radical (unpaired) electrons. The van der Waals surface area contributed by atoms with Crippen molar-refractivity contribution in [3.8, 4) is 0 Å².